The Hall–Kier alpha value is -1.51. The summed E-state index contributed by atoms with van der Waals surface area (Å²) in [5.74, 6) is -1.50. The number of carboxylic acid groups (broad SMARTS) is 1. The van der Waals surface area contributed by atoms with Crippen molar-refractivity contribution in [3.8, 4) is 0 Å². The monoisotopic (exact) mass is 286 g/mol. The number of hydrogen-bond acceptors (Lipinski definition) is 3. The van der Waals surface area contributed by atoms with Crippen LogP contribution in [-0.4, -0.2) is 49.1 Å². The van der Waals surface area contributed by atoms with E-state index in [0.29, 0.717) is 0 Å². The van der Waals surface area contributed by atoms with Crippen molar-refractivity contribution in [1.82, 2.24) is 10.6 Å². The molecule has 2 amide bonds. The molecular weight excluding hydrogens is 269 g/mol. The Balaban J connectivity index is 3.84. The number of amides is 2. The lowest BCUT2D eigenvalue weighted by atomic mass is 10.1. The van der Waals surface area contributed by atoms with E-state index in [0.717, 1.165) is 0 Å². The number of aliphatic carboxylic acids is 1. The number of rotatable bonds is 7. The molecule has 1 atom stereocenters. The van der Waals surface area contributed by atoms with Crippen molar-refractivity contribution in [3.63, 3.8) is 0 Å². The van der Waals surface area contributed by atoms with E-state index in [1.807, 2.05) is 0 Å². The third-order valence-corrected chi connectivity index (χ3v) is 2.02. The lowest BCUT2D eigenvalue weighted by Gasteiger charge is -2.18. The molecule has 3 N–H and O–H groups in total. The first-order valence-corrected chi connectivity index (χ1v) is 5.55. The Kier molecular flexibility index (Phi) is 7.20. The highest BCUT2D eigenvalue weighted by molar-refractivity contribution is 5.82. The average Bonchev–Trinajstić information content (AvgIpc) is 2.22. The van der Waals surface area contributed by atoms with Crippen molar-refractivity contribution < 1.29 is 32.6 Å². The Labute approximate surface area is 108 Å². The van der Waals surface area contributed by atoms with Crippen molar-refractivity contribution in [2.75, 3.05) is 19.8 Å². The minimum atomic E-state index is -4.41. The Morgan fingerprint density at radius 1 is 1.32 bits per heavy atom. The van der Waals surface area contributed by atoms with Crippen LogP contribution >= 0.6 is 0 Å². The Bertz CT molecular complexity index is 308. The highest BCUT2D eigenvalue weighted by atomic mass is 19.4. The molecule has 0 rings (SSSR count). The van der Waals surface area contributed by atoms with Gasteiger partial charge in [-0.1, -0.05) is 13.8 Å². The summed E-state index contributed by atoms with van der Waals surface area (Å²) in [4.78, 5) is 22.0. The molecule has 19 heavy (non-hydrogen) atoms. The van der Waals surface area contributed by atoms with E-state index < -0.39 is 30.8 Å². The molecule has 0 saturated carbocycles. The van der Waals surface area contributed by atoms with Crippen LogP contribution in [0.15, 0.2) is 0 Å². The summed E-state index contributed by atoms with van der Waals surface area (Å²) in [6, 6.07) is -1.83. The topological polar surface area (TPSA) is 87.7 Å². The van der Waals surface area contributed by atoms with Gasteiger partial charge in [-0.2, -0.15) is 13.2 Å². The molecule has 0 spiro atoms. The van der Waals surface area contributed by atoms with E-state index in [1.165, 1.54) is 0 Å². The first-order valence-electron chi connectivity index (χ1n) is 5.55. The van der Waals surface area contributed by atoms with Crippen LogP contribution in [0.25, 0.3) is 0 Å². The summed E-state index contributed by atoms with van der Waals surface area (Å²) >= 11 is 0. The SMILES string of the molecule is CC(C)C(NC(=O)NCCOCC(F)(F)F)C(=O)O. The molecule has 6 nitrogen and oxygen atoms in total. The summed E-state index contributed by atoms with van der Waals surface area (Å²) in [6.07, 6.45) is -4.41. The van der Waals surface area contributed by atoms with Crippen LogP contribution in [0.3, 0.4) is 0 Å². The third kappa shape index (κ3) is 9.11. The maximum Gasteiger partial charge on any atom is 0.411 e. The molecule has 0 aliphatic carbocycles. The first kappa shape index (κ1) is 17.5. The van der Waals surface area contributed by atoms with E-state index in [2.05, 4.69) is 15.4 Å². The molecule has 0 aliphatic heterocycles. The molecular formula is C10H17F3N2O4. The van der Waals surface area contributed by atoms with Gasteiger partial charge in [0.2, 0.25) is 0 Å². The van der Waals surface area contributed by atoms with Crippen molar-refractivity contribution in [1.29, 1.82) is 0 Å². The Morgan fingerprint density at radius 2 is 1.89 bits per heavy atom. The zero-order chi connectivity index (χ0) is 15.1. The van der Waals surface area contributed by atoms with Crippen LogP contribution < -0.4 is 10.6 Å². The normalized spacial score (nSPS) is 13.2. The molecule has 9 heteroatoms. The summed E-state index contributed by atoms with van der Waals surface area (Å²) in [7, 11) is 0. The molecule has 0 aliphatic rings. The molecule has 0 fully saturated rings. The van der Waals surface area contributed by atoms with Gasteiger partial charge in [0.25, 0.3) is 0 Å². The molecule has 0 aromatic rings. The summed E-state index contributed by atoms with van der Waals surface area (Å²) in [5, 5.41) is 13.2. The van der Waals surface area contributed by atoms with Crippen LogP contribution in [0.4, 0.5) is 18.0 Å². The largest absolute Gasteiger partial charge is 0.480 e. The second-order valence-electron chi connectivity index (χ2n) is 4.13. The van der Waals surface area contributed by atoms with Gasteiger partial charge in [-0.3, -0.25) is 0 Å². The second-order valence-corrected chi connectivity index (χ2v) is 4.13. The predicted octanol–water partition coefficient (Wildman–Crippen LogP) is 0.974. The molecule has 0 bridgehead atoms. The second kappa shape index (κ2) is 7.82. The van der Waals surface area contributed by atoms with Crippen LogP contribution in [0.2, 0.25) is 0 Å². The zero-order valence-corrected chi connectivity index (χ0v) is 10.6. The lowest BCUT2D eigenvalue weighted by Crippen LogP contribution is -2.49. The number of urea groups is 1. The molecule has 0 aromatic carbocycles. The number of carbonyl (C=O) groups excluding carboxylic acids is 1. The highest BCUT2D eigenvalue weighted by Gasteiger charge is 2.27. The van der Waals surface area contributed by atoms with Crippen LogP contribution in [0.5, 0.6) is 0 Å². The number of carbonyl (C=O) groups is 2. The fourth-order valence-electron chi connectivity index (χ4n) is 1.13. The summed E-state index contributed by atoms with van der Waals surface area (Å²) < 4.78 is 39.4. The van der Waals surface area contributed by atoms with E-state index in [9.17, 15) is 22.8 Å². The van der Waals surface area contributed by atoms with Crippen molar-refractivity contribution in [2.45, 2.75) is 26.1 Å². The van der Waals surface area contributed by atoms with Gasteiger partial charge in [0, 0.05) is 6.54 Å². The number of hydrogen-bond donors (Lipinski definition) is 3. The van der Waals surface area contributed by atoms with Gasteiger partial charge in [-0.15, -0.1) is 0 Å². The van der Waals surface area contributed by atoms with Crippen molar-refractivity contribution in [3.05, 3.63) is 0 Å². The average molecular weight is 286 g/mol. The minimum Gasteiger partial charge on any atom is -0.480 e. The number of halogens is 3. The Morgan fingerprint density at radius 3 is 2.32 bits per heavy atom. The maximum absolute atomic E-state index is 11.7. The van der Waals surface area contributed by atoms with Gasteiger partial charge in [-0.05, 0) is 5.92 Å². The summed E-state index contributed by atoms with van der Waals surface area (Å²) in [6.45, 7) is 1.38. The molecule has 0 aromatic heterocycles. The fraction of sp³-hybridized carbons (Fsp3) is 0.800. The van der Waals surface area contributed by atoms with Gasteiger partial charge < -0.3 is 20.5 Å². The first-order chi connectivity index (χ1) is 8.63. The maximum atomic E-state index is 11.7. The van der Waals surface area contributed by atoms with Crippen molar-refractivity contribution >= 4 is 12.0 Å². The smallest absolute Gasteiger partial charge is 0.411 e. The highest BCUT2D eigenvalue weighted by Crippen LogP contribution is 2.13. The lowest BCUT2D eigenvalue weighted by molar-refractivity contribution is -0.173. The fourth-order valence-corrected chi connectivity index (χ4v) is 1.13. The number of ether oxygens (including phenoxy) is 1. The van der Waals surface area contributed by atoms with Gasteiger partial charge in [0.05, 0.1) is 6.61 Å². The van der Waals surface area contributed by atoms with Gasteiger partial charge in [0.15, 0.2) is 0 Å². The van der Waals surface area contributed by atoms with E-state index in [1.54, 1.807) is 13.8 Å². The molecule has 112 valence electrons. The zero-order valence-electron chi connectivity index (χ0n) is 10.6. The number of nitrogens with one attached hydrogen (secondary N) is 2. The number of carboxylic acids is 1. The van der Waals surface area contributed by atoms with E-state index in [4.69, 9.17) is 5.11 Å². The minimum absolute atomic E-state index is 0.146. The van der Waals surface area contributed by atoms with Gasteiger partial charge in [0.1, 0.15) is 12.6 Å². The van der Waals surface area contributed by atoms with Crippen LogP contribution in [0.1, 0.15) is 13.8 Å². The predicted molar refractivity (Wildman–Crippen MR) is 59.7 cm³/mol. The van der Waals surface area contributed by atoms with E-state index >= 15 is 0 Å². The molecule has 0 radical (unpaired) electrons. The van der Waals surface area contributed by atoms with Crippen LogP contribution in [-0.2, 0) is 9.53 Å². The quantitative estimate of drug-likeness (QED) is 0.609. The standard InChI is InChI=1S/C10H17F3N2O4/c1-6(2)7(8(16)17)15-9(18)14-3-4-19-5-10(11,12)13/h6-7H,3-5H2,1-2H3,(H,16,17)(H2,14,15,18). The van der Waals surface area contributed by atoms with Gasteiger partial charge in [-0.25, -0.2) is 9.59 Å². The van der Waals surface area contributed by atoms with E-state index in [-0.39, 0.29) is 19.1 Å². The van der Waals surface area contributed by atoms with Gasteiger partial charge >= 0.3 is 18.2 Å². The van der Waals surface area contributed by atoms with Crippen molar-refractivity contribution in [2.24, 2.45) is 5.92 Å². The number of alkyl halides is 3. The summed E-state index contributed by atoms with van der Waals surface area (Å²) in [5.41, 5.74) is 0. The molecule has 1 unspecified atom stereocenters. The molecule has 0 saturated heterocycles. The molecule has 0 heterocycles. The third-order valence-electron chi connectivity index (χ3n) is 2.02. The van der Waals surface area contributed by atoms with Crippen LogP contribution in [0, 0.1) is 5.92 Å².